The molecule has 10 heteroatoms. The normalized spacial score (nSPS) is 13.7. The van der Waals surface area contributed by atoms with Crippen molar-refractivity contribution in [3.05, 3.63) is 88.5 Å². The predicted molar refractivity (Wildman–Crippen MR) is 141 cm³/mol. The molecule has 1 aliphatic heterocycles. The Bertz CT molecular complexity index is 1220. The minimum Gasteiger partial charge on any atom is -0.339 e. The summed E-state index contributed by atoms with van der Waals surface area (Å²) in [7, 11) is 0. The van der Waals surface area contributed by atoms with Gasteiger partial charge in [-0.1, -0.05) is 36.4 Å². The lowest BCUT2D eigenvalue weighted by Crippen LogP contribution is -2.42. The van der Waals surface area contributed by atoms with Crippen molar-refractivity contribution < 1.29 is 14.4 Å². The van der Waals surface area contributed by atoms with Gasteiger partial charge in [0.2, 0.25) is 5.91 Å². The Morgan fingerprint density at radius 3 is 2.64 bits per heavy atom. The zero-order chi connectivity index (χ0) is 25.3. The van der Waals surface area contributed by atoms with Crippen LogP contribution >= 0.6 is 23.1 Å². The lowest BCUT2D eigenvalue weighted by atomic mass is 9.97. The highest BCUT2D eigenvalue weighted by atomic mass is 32.2. The van der Waals surface area contributed by atoms with Crippen LogP contribution in [0, 0.1) is 0 Å². The number of amides is 3. The predicted octanol–water partition coefficient (Wildman–Crippen LogP) is 3.84. The van der Waals surface area contributed by atoms with Crippen molar-refractivity contribution >= 4 is 40.8 Å². The topological polar surface area (TPSA) is 104 Å². The third kappa shape index (κ3) is 6.58. The van der Waals surface area contributed by atoms with E-state index in [9.17, 15) is 14.4 Å². The van der Waals surface area contributed by atoms with E-state index in [0.29, 0.717) is 24.4 Å². The van der Waals surface area contributed by atoms with Crippen molar-refractivity contribution in [3.63, 3.8) is 0 Å². The quantitative estimate of drug-likeness (QED) is 0.265. The molecule has 1 saturated heterocycles. The maximum Gasteiger partial charge on any atom is 0.289 e. The number of thioether (sulfide) groups is 1. The molecule has 2 aromatic heterocycles. The number of pyridine rings is 1. The summed E-state index contributed by atoms with van der Waals surface area (Å²) in [5.41, 5.74) is 6.62. The molecular formula is C26H27N5O3S2. The summed E-state index contributed by atoms with van der Waals surface area (Å²) in [5.74, 6) is 0.0976. The number of piperidine rings is 1. The Kier molecular flexibility index (Phi) is 8.85. The van der Waals surface area contributed by atoms with E-state index in [4.69, 9.17) is 0 Å². The molecule has 186 valence electrons. The van der Waals surface area contributed by atoms with Crippen LogP contribution in [0.5, 0.6) is 0 Å². The Balaban J connectivity index is 1.28. The molecule has 2 N–H and O–H groups in total. The third-order valence-corrected chi connectivity index (χ3v) is 7.76. The Hall–Kier alpha value is -3.50. The van der Waals surface area contributed by atoms with Gasteiger partial charge in [-0.25, -0.2) is 9.97 Å². The number of aromatic nitrogens is 2. The standard InChI is InChI=1S/C26H27N5O3S2/c1-2-15-35-25-20(9-6-12-27-25)26(34)31-13-10-19(11-14-31)24-28-21(17-36-24)23(33)30-29-22(32)16-18-7-4-3-5-8-18/h2-9,12,17,19H,1,10-11,13-16H2,(H,29,32)(H,30,33). The van der Waals surface area contributed by atoms with E-state index in [1.54, 1.807) is 23.7 Å². The second-order valence-corrected chi connectivity index (χ2v) is 10.2. The summed E-state index contributed by atoms with van der Waals surface area (Å²) in [5, 5.41) is 3.28. The van der Waals surface area contributed by atoms with E-state index in [2.05, 4.69) is 27.4 Å². The summed E-state index contributed by atoms with van der Waals surface area (Å²) in [6, 6.07) is 12.9. The number of likely N-dealkylation sites (tertiary alicyclic amines) is 1. The van der Waals surface area contributed by atoms with Crippen LogP contribution in [0.2, 0.25) is 0 Å². The summed E-state index contributed by atoms with van der Waals surface area (Å²) < 4.78 is 0. The molecule has 0 saturated carbocycles. The summed E-state index contributed by atoms with van der Waals surface area (Å²) in [4.78, 5) is 48.4. The molecule has 3 amide bonds. The van der Waals surface area contributed by atoms with E-state index in [0.717, 1.165) is 28.4 Å². The number of hydrogen-bond acceptors (Lipinski definition) is 7. The molecule has 36 heavy (non-hydrogen) atoms. The number of nitrogens with zero attached hydrogens (tertiary/aromatic N) is 3. The fourth-order valence-corrected chi connectivity index (χ4v) is 5.60. The highest BCUT2D eigenvalue weighted by Gasteiger charge is 2.28. The Morgan fingerprint density at radius 1 is 1.11 bits per heavy atom. The first-order valence-corrected chi connectivity index (χ1v) is 13.5. The zero-order valence-electron chi connectivity index (χ0n) is 19.7. The summed E-state index contributed by atoms with van der Waals surface area (Å²) in [6.07, 6.45) is 5.20. The van der Waals surface area contributed by atoms with Crippen LogP contribution in [0.1, 0.15) is 50.2 Å². The van der Waals surface area contributed by atoms with Crippen LogP contribution in [-0.4, -0.2) is 51.4 Å². The molecule has 0 radical (unpaired) electrons. The SMILES string of the molecule is C=CCSc1ncccc1C(=O)N1CCC(c2nc(C(=O)NNC(=O)Cc3ccccc3)cs2)CC1. The second kappa shape index (κ2) is 12.5. The molecule has 8 nitrogen and oxygen atoms in total. The number of hydrazine groups is 1. The third-order valence-electron chi connectivity index (χ3n) is 5.75. The van der Waals surface area contributed by atoms with Crippen LogP contribution in [-0.2, 0) is 11.2 Å². The van der Waals surface area contributed by atoms with E-state index < -0.39 is 5.91 Å². The van der Waals surface area contributed by atoms with Gasteiger partial charge in [0.15, 0.2) is 0 Å². The highest BCUT2D eigenvalue weighted by Crippen LogP contribution is 2.31. The van der Waals surface area contributed by atoms with Crippen molar-refractivity contribution in [2.24, 2.45) is 0 Å². The number of benzene rings is 1. The molecule has 0 atom stereocenters. The van der Waals surface area contributed by atoms with Crippen LogP contribution in [0.3, 0.4) is 0 Å². The minimum absolute atomic E-state index is 0.0152. The van der Waals surface area contributed by atoms with Crippen molar-refractivity contribution in [2.75, 3.05) is 18.8 Å². The van der Waals surface area contributed by atoms with Gasteiger partial charge in [0.05, 0.1) is 17.0 Å². The first-order valence-electron chi connectivity index (χ1n) is 11.6. The van der Waals surface area contributed by atoms with Gasteiger partial charge in [-0.2, -0.15) is 0 Å². The van der Waals surface area contributed by atoms with Gasteiger partial charge in [0, 0.05) is 36.3 Å². The van der Waals surface area contributed by atoms with Crippen molar-refractivity contribution in [1.29, 1.82) is 0 Å². The number of rotatable bonds is 8. The molecule has 1 aromatic carbocycles. The first-order chi connectivity index (χ1) is 17.5. The fourth-order valence-electron chi connectivity index (χ4n) is 3.90. The van der Waals surface area contributed by atoms with E-state index >= 15 is 0 Å². The lowest BCUT2D eigenvalue weighted by molar-refractivity contribution is -0.121. The number of thiazole rings is 1. The molecule has 1 aliphatic rings. The maximum absolute atomic E-state index is 13.1. The van der Waals surface area contributed by atoms with Gasteiger partial charge < -0.3 is 4.90 Å². The molecule has 4 rings (SSSR count). The van der Waals surface area contributed by atoms with Crippen LogP contribution in [0.15, 0.2) is 71.7 Å². The number of nitrogens with one attached hydrogen (secondary N) is 2. The number of carbonyl (C=O) groups excluding carboxylic acids is 3. The molecule has 0 spiro atoms. The molecular weight excluding hydrogens is 494 g/mol. The van der Waals surface area contributed by atoms with Gasteiger partial charge in [0.25, 0.3) is 11.8 Å². The van der Waals surface area contributed by atoms with Gasteiger partial charge >= 0.3 is 0 Å². The van der Waals surface area contributed by atoms with Gasteiger partial charge in [0.1, 0.15) is 10.7 Å². The second-order valence-electron chi connectivity index (χ2n) is 8.26. The van der Waals surface area contributed by atoms with Crippen LogP contribution in [0.4, 0.5) is 0 Å². The first kappa shape index (κ1) is 25.6. The average Bonchev–Trinajstić information content (AvgIpc) is 3.41. The molecule has 0 bridgehead atoms. The van der Waals surface area contributed by atoms with Gasteiger partial charge in [-0.05, 0) is 30.5 Å². The summed E-state index contributed by atoms with van der Waals surface area (Å²) in [6.45, 7) is 4.95. The minimum atomic E-state index is -0.451. The number of hydrogen-bond donors (Lipinski definition) is 2. The maximum atomic E-state index is 13.1. The van der Waals surface area contributed by atoms with Crippen LogP contribution < -0.4 is 10.9 Å². The molecule has 3 heterocycles. The number of carbonyl (C=O) groups is 3. The smallest absolute Gasteiger partial charge is 0.289 e. The average molecular weight is 522 g/mol. The lowest BCUT2D eigenvalue weighted by Gasteiger charge is -2.31. The largest absolute Gasteiger partial charge is 0.339 e. The van der Waals surface area contributed by atoms with Crippen molar-refractivity contribution in [2.45, 2.75) is 30.2 Å². The van der Waals surface area contributed by atoms with Crippen molar-refractivity contribution in [1.82, 2.24) is 25.7 Å². The highest BCUT2D eigenvalue weighted by molar-refractivity contribution is 7.99. The molecule has 0 unspecified atom stereocenters. The molecule has 1 fully saturated rings. The zero-order valence-corrected chi connectivity index (χ0v) is 21.3. The monoisotopic (exact) mass is 521 g/mol. The fraction of sp³-hybridized carbons (Fsp3) is 0.269. The van der Waals surface area contributed by atoms with Crippen LogP contribution in [0.25, 0.3) is 0 Å². The van der Waals surface area contributed by atoms with Gasteiger partial charge in [-0.3, -0.25) is 25.2 Å². The van der Waals surface area contributed by atoms with E-state index in [-0.39, 0.29) is 29.8 Å². The molecule has 3 aromatic rings. The summed E-state index contributed by atoms with van der Waals surface area (Å²) >= 11 is 2.93. The van der Waals surface area contributed by atoms with E-state index in [1.165, 1.54) is 23.1 Å². The van der Waals surface area contributed by atoms with E-state index in [1.807, 2.05) is 41.3 Å². The van der Waals surface area contributed by atoms with Gasteiger partial charge in [-0.15, -0.1) is 29.7 Å². The Labute approximate surface area is 218 Å². The Morgan fingerprint density at radius 2 is 1.89 bits per heavy atom. The molecule has 0 aliphatic carbocycles. The van der Waals surface area contributed by atoms with Crippen molar-refractivity contribution in [3.8, 4) is 0 Å².